The molecule has 2 N–H and O–H groups in total. The molecule has 3 heteroatoms. The van der Waals surface area contributed by atoms with Crippen molar-refractivity contribution in [3.8, 4) is 0 Å². The Hall–Kier alpha value is 0.350. The van der Waals surface area contributed by atoms with Gasteiger partial charge in [-0.25, -0.2) is 0 Å². The summed E-state index contributed by atoms with van der Waals surface area (Å²) < 4.78 is 0. The molecule has 0 aromatic rings. The van der Waals surface area contributed by atoms with Crippen LogP contribution < -0.4 is 0 Å². The van der Waals surface area contributed by atoms with Gasteiger partial charge in [-0.2, -0.15) is 0 Å². The Bertz CT molecular complexity index is 86.6. The van der Waals surface area contributed by atoms with Crippen molar-refractivity contribution in [1.82, 2.24) is 0 Å². The standard InChI is InChI=1S/C9H21O2P/c1-2-3-4-5-6-7-8-9-12(10)11/h10-11H,2-9H2,1H3. The molecular weight excluding hydrogens is 171 g/mol. The SMILES string of the molecule is CCCCCCCCCP(O)O. The Morgan fingerprint density at radius 3 is 1.83 bits per heavy atom. The first kappa shape index (κ1) is 12.3. The van der Waals surface area contributed by atoms with Crippen molar-refractivity contribution in [1.29, 1.82) is 0 Å². The molecule has 0 spiro atoms. The first-order valence-corrected chi connectivity index (χ1v) is 6.36. The van der Waals surface area contributed by atoms with Gasteiger partial charge in [0.25, 0.3) is 0 Å². The van der Waals surface area contributed by atoms with E-state index in [9.17, 15) is 0 Å². The highest BCUT2D eigenvalue weighted by molar-refractivity contribution is 7.45. The first-order chi connectivity index (χ1) is 5.77. The summed E-state index contributed by atoms with van der Waals surface area (Å²) in [6.45, 7) is 2.21. The zero-order chi connectivity index (χ0) is 9.23. The summed E-state index contributed by atoms with van der Waals surface area (Å²) in [5.41, 5.74) is 0. The maximum absolute atomic E-state index is 8.61. The van der Waals surface area contributed by atoms with Crippen molar-refractivity contribution in [2.75, 3.05) is 6.16 Å². The Morgan fingerprint density at radius 1 is 0.833 bits per heavy atom. The van der Waals surface area contributed by atoms with Gasteiger partial charge in [-0.15, -0.1) is 0 Å². The summed E-state index contributed by atoms with van der Waals surface area (Å²) in [7, 11) is -1.63. The second kappa shape index (κ2) is 9.44. The summed E-state index contributed by atoms with van der Waals surface area (Å²) in [6, 6.07) is 0. The fraction of sp³-hybridized carbons (Fsp3) is 1.00. The predicted octanol–water partition coefficient (Wildman–Crippen LogP) is 3.03. The van der Waals surface area contributed by atoms with Gasteiger partial charge in [-0.3, -0.25) is 0 Å². The van der Waals surface area contributed by atoms with E-state index in [0.717, 1.165) is 12.8 Å². The molecule has 0 saturated heterocycles. The molecule has 0 aromatic heterocycles. The summed E-state index contributed by atoms with van der Waals surface area (Å²) in [5, 5.41) is 0. The van der Waals surface area contributed by atoms with E-state index >= 15 is 0 Å². The zero-order valence-electron chi connectivity index (χ0n) is 8.00. The van der Waals surface area contributed by atoms with E-state index < -0.39 is 8.38 Å². The minimum absolute atomic E-state index is 0.600. The fourth-order valence-electron chi connectivity index (χ4n) is 1.21. The quantitative estimate of drug-likeness (QED) is 0.458. The van der Waals surface area contributed by atoms with E-state index in [1.807, 2.05) is 0 Å². The lowest BCUT2D eigenvalue weighted by Gasteiger charge is -2.01. The Morgan fingerprint density at radius 2 is 1.33 bits per heavy atom. The lowest BCUT2D eigenvalue weighted by molar-refractivity contribution is 0.477. The minimum atomic E-state index is -1.63. The normalized spacial score (nSPS) is 11.0. The molecule has 0 aliphatic heterocycles. The smallest absolute Gasteiger partial charge is 0.164 e. The molecule has 0 heterocycles. The van der Waals surface area contributed by atoms with E-state index in [4.69, 9.17) is 9.79 Å². The highest BCUT2D eigenvalue weighted by atomic mass is 31.2. The van der Waals surface area contributed by atoms with Crippen LogP contribution in [-0.4, -0.2) is 15.9 Å². The van der Waals surface area contributed by atoms with Crippen LogP contribution >= 0.6 is 8.38 Å². The summed E-state index contributed by atoms with van der Waals surface area (Å²) >= 11 is 0. The summed E-state index contributed by atoms with van der Waals surface area (Å²) in [4.78, 5) is 17.2. The van der Waals surface area contributed by atoms with Gasteiger partial charge >= 0.3 is 0 Å². The Labute approximate surface area is 76.9 Å². The lowest BCUT2D eigenvalue weighted by Crippen LogP contribution is -1.84. The van der Waals surface area contributed by atoms with Gasteiger partial charge < -0.3 is 9.79 Å². The van der Waals surface area contributed by atoms with Gasteiger partial charge in [0.05, 0.1) is 0 Å². The minimum Gasteiger partial charge on any atom is -0.350 e. The predicted molar refractivity (Wildman–Crippen MR) is 54.2 cm³/mol. The molecule has 74 valence electrons. The molecule has 2 nitrogen and oxygen atoms in total. The number of unbranched alkanes of at least 4 members (excludes halogenated alkanes) is 6. The average molecular weight is 192 g/mol. The molecule has 0 radical (unpaired) electrons. The first-order valence-electron chi connectivity index (χ1n) is 4.92. The van der Waals surface area contributed by atoms with Gasteiger partial charge in [0.2, 0.25) is 0 Å². The maximum atomic E-state index is 8.61. The van der Waals surface area contributed by atoms with Crippen LogP contribution in [0.2, 0.25) is 0 Å². The molecule has 0 aromatic carbocycles. The molecule has 12 heavy (non-hydrogen) atoms. The molecule has 0 fully saturated rings. The van der Waals surface area contributed by atoms with Crippen LogP contribution in [0.5, 0.6) is 0 Å². The van der Waals surface area contributed by atoms with Crippen molar-refractivity contribution >= 4 is 8.38 Å². The van der Waals surface area contributed by atoms with Crippen LogP contribution in [0, 0.1) is 0 Å². The monoisotopic (exact) mass is 192 g/mol. The van der Waals surface area contributed by atoms with Crippen molar-refractivity contribution in [2.24, 2.45) is 0 Å². The van der Waals surface area contributed by atoms with Crippen LogP contribution in [0.1, 0.15) is 51.9 Å². The molecule has 0 aliphatic rings. The van der Waals surface area contributed by atoms with E-state index in [0.29, 0.717) is 6.16 Å². The highest BCUT2D eigenvalue weighted by Crippen LogP contribution is 2.24. The van der Waals surface area contributed by atoms with Gasteiger partial charge in [0.15, 0.2) is 8.38 Å². The Kier molecular flexibility index (Phi) is 9.71. The molecule has 0 aliphatic carbocycles. The molecule has 0 amide bonds. The van der Waals surface area contributed by atoms with Gasteiger partial charge in [-0.05, 0) is 6.42 Å². The molecule has 0 saturated carbocycles. The molecular formula is C9H21O2P. The summed E-state index contributed by atoms with van der Waals surface area (Å²) in [5.74, 6) is 0. The third-order valence-electron chi connectivity index (χ3n) is 1.96. The number of hydrogen-bond acceptors (Lipinski definition) is 2. The van der Waals surface area contributed by atoms with Crippen molar-refractivity contribution in [3.05, 3.63) is 0 Å². The van der Waals surface area contributed by atoms with Gasteiger partial charge in [-0.1, -0.05) is 45.4 Å². The van der Waals surface area contributed by atoms with E-state index in [2.05, 4.69) is 6.92 Å². The third-order valence-corrected chi connectivity index (χ3v) is 2.68. The van der Waals surface area contributed by atoms with Crippen LogP contribution in [0.3, 0.4) is 0 Å². The van der Waals surface area contributed by atoms with Crippen LogP contribution in [0.4, 0.5) is 0 Å². The van der Waals surface area contributed by atoms with E-state index in [-0.39, 0.29) is 0 Å². The molecule has 0 bridgehead atoms. The number of rotatable bonds is 8. The fourth-order valence-corrected chi connectivity index (χ4v) is 1.72. The van der Waals surface area contributed by atoms with E-state index in [1.165, 1.54) is 32.1 Å². The lowest BCUT2D eigenvalue weighted by atomic mass is 10.1. The number of hydrogen-bond donors (Lipinski definition) is 2. The Balaban J connectivity index is 2.82. The van der Waals surface area contributed by atoms with E-state index in [1.54, 1.807) is 0 Å². The van der Waals surface area contributed by atoms with Gasteiger partial charge in [0, 0.05) is 6.16 Å². The van der Waals surface area contributed by atoms with Crippen molar-refractivity contribution in [2.45, 2.75) is 51.9 Å². The van der Waals surface area contributed by atoms with Gasteiger partial charge in [0.1, 0.15) is 0 Å². The van der Waals surface area contributed by atoms with Crippen LogP contribution in [0.25, 0.3) is 0 Å². The van der Waals surface area contributed by atoms with Crippen molar-refractivity contribution < 1.29 is 9.79 Å². The molecule has 0 rings (SSSR count). The molecule has 0 unspecified atom stereocenters. The second-order valence-corrected chi connectivity index (χ2v) is 4.41. The average Bonchev–Trinajstić information content (AvgIpc) is 2.02. The van der Waals surface area contributed by atoms with Crippen molar-refractivity contribution in [3.63, 3.8) is 0 Å². The maximum Gasteiger partial charge on any atom is 0.164 e. The molecule has 0 atom stereocenters. The highest BCUT2D eigenvalue weighted by Gasteiger charge is 1.97. The van der Waals surface area contributed by atoms with Crippen LogP contribution in [-0.2, 0) is 0 Å². The largest absolute Gasteiger partial charge is 0.350 e. The second-order valence-electron chi connectivity index (χ2n) is 3.22. The third kappa shape index (κ3) is 10.3. The van der Waals surface area contributed by atoms with Crippen LogP contribution in [0.15, 0.2) is 0 Å². The summed E-state index contributed by atoms with van der Waals surface area (Å²) in [6.07, 6.45) is 9.26. The topological polar surface area (TPSA) is 40.5 Å². The zero-order valence-corrected chi connectivity index (χ0v) is 8.89.